The average Bonchev–Trinajstić information content (AvgIpc) is 3.44. The summed E-state index contributed by atoms with van der Waals surface area (Å²) in [6.45, 7) is 15.3. The van der Waals surface area contributed by atoms with Crippen LogP contribution in [-0.4, -0.2) is 24.6 Å². The number of imidazole rings is 1. The Hall–Kier alpha value is -4.60. The first-order chi connectivity index (χ1) is 22.4. The first-order valence-corrected chi connectivity index (χ1v) is 16.1. The van der Waals surface area contributed by atoms with Gasteiger partial charge < -0.3 is 9.67 Å². The summed E-state index contributed by atoms with van der Waals surface area (Å²) in [5.41, 5.74) is 12.2. The van der Waals surface area contributed by atoms with Crippen LogP contribution in [0.5, 0.6) is 5.75 Å². The molecular weight excluding hydrogens is 772 g/mol. The standard InChI is InChI=1S/C42H39N4O.Pt/c1-26-25-43-38-34(23-30(42(5,6)7)24-35(38)44-26)27-12-10-13-28(22-27)40-45-39-33(32-14-8-9-17-37(32)47)15-11-16-36(39)46(40)31-20-18-29(19-21-31)41(2,3)4;/h8-21,23-25,47H,1-7H3;/q-1;. The molecule has 7 rings (SSSR count). The molecule has 0 spiro atoms. The zero-order valence-corrected chi connectivity index (χ0v) is 30.6. The van der Waals surface area contributed by atoms with Gasteiger partial charge in [0.25, 0.3) is 0 Å². The van der Waals surface area contributed by atoms with E-state index in [0.717, 1.165) is 67.1 Å². The number of phenolic OH excluding ortho intramolecular Hbond substituents is 1. The summed E-state index contributed by atoms with van der Waals surface area (Å²) in [4.78, 5) is 15.0. The van der Waals surface area contributed by atoms with Gasteiger partial charge in [-0.1, -0.05) is 101 Å². The van der Waals surface area contributed by atoms with Crippen molar-refractivity contribution in [1.29, 1.82) is 0 Å². The molecule has 0 bridgehead atoms. The minimum absolute atomic E-state index is 0. The monoisotopic (exact) mass is 810 g/mol. The molecule has 5 aromatic carbocycles. The van der Waals surface area contributed by atoms with Gasteiger partial charge in [-0.2, -0.15) is 0 Å². The number of phenols is 1. The number of fused-ring (bicyclic) bond motifs is 2. The fourth-order valence-electron chi connectivity index (χ4n) is 6.18. The van der Waals surface area contributed by atoms with Gasteiger partial charge >= 0.3 is 0 Å². The number of aromatic hydroxyl groups is 1. The van der Waals surface area contributed by atoms with Crippen molar-refractivity contribution in [2.24, 2.45) is 0 Å². The number of hydrogen-bond acceptors (Lipinski definition) is 4. The van der Waals surface area contributed by atoms with Gasteiger partial charge in [-0.3, -0.25) is 15.0 Å². The number of aryl methyl sites for hydroxylation is 1. The van der Waals surface area contributed by atoms with Crippen molar-refractivity contribution in [2.45, 2.75) is 59.3 Å². The quantitative estimate of drug-likeness (QED) is 0.180. The van der Waals surface area contributed by atoms with E-state index in [0.29, 0.717) is 0 Å². The molecule has 0 aliphatic rings. The summed E-state index contributed by atoms with van der Waals surface area (Å²) in [7, 11) is 0. The van der Waals surface area contributed by atoms with Gasteiger partial charge in [0.15, 0.2) is 0 Å². The number of para-hydroxylation sites is 2. The molecule has 6 heteroatoms. The number of hydrogen-bond donors (Lipinski definition) is 1. The second kappa shape index (κ2) is 12.4. The van der Waals surface area contributed by atoms with Crippen LogP contribution in [-0.2, 0) is 31.9 Å². The Morgan fingerprint density at radius 2 is 1.31 bits per heavy atom. The zero-order valence-electron chi connectivity index (χ0n) is 28.4. The Bertz CT molecular complexity index is 2290. The van der Waals surface area contributed by atoms with E-state index in [2.05, 4.69) is 113 Å². The van der Waals surface area contributed by atoms with E-state index in [9.17, 15) is 5.11 Å². The maximum atomic E-state index is 10.8. The van der Waals surface area contributed by atoms with Crippen LogP contribution in [0.4, 0.5) is 0 Å². The molecule has 244 valence electrons. The minimum atomic E-state index is -0.0709. The second-order valence-electron chi connectivity index (χ2n) is 14.4. The summed E-state index contributed by atoms with van der Waals surface area (Å²) in [6.07, 6.45) is 1.83. The number of aromatic nitrogens is 4. The molecule has 5 nitrogen and oxygen atoms in total. The van der Waals surface area contributed by atoms with Crippen molar-refractivity contribution in [1.82, 2.24) is 19.5 Å². The summed E-state index contributed by atoms with van der Waals surface area (Å²) >= 11 is 0. The van der Waals surface area contributed by atoms with E-state index in [1.807, 2.05) is 43.5 Å². The van der Waals surface area contributed by atoms with Gasteiger partial charge in [0.05, 0.1) is 33.6 Å². The third kappa shape index (κ3) is 6.08. The van der Waals surface area contributed by atoms with E-state index in [1.165, 1.54) is 11.1 Å². The van der Waals surface area contributed by atoms with Gasteiger partial charge in [0.1, 0.15) is 5.75 Å². The van der Waals surface area contributed by atoms with Crippen molar-refractivity contribution in [2.75, 3.05) is 0 Å². The van der Waals surface area contributed by atoms with Crippen molar-refractivity contribution >= 4 is 22.1 Å². The van der Waals surface area contributed by atoms with Crippen molar-refractivity contribution in [3.8, 4) is 45.1 Å². The van der Waals surface area contributed by atoms with Crippen LogP contribution in [0, 0.1) is 13.0 Å². The number of nitrogens with zero attached hydrogens (tertiary/aromatic N) is 4. The summed E-state index contributed by atoms with van der Waals surface area (Å²) < 4.78 is 2.20. The van der Waals surface area contributed by atoms with Crippen molar-refractivity contribution in [3.63, 3.8) is 0 Å². The molecular formula is C42H39N4OPt-. The fraction of sp³-hybridized carbons (Fsp3) is 0.214. The third-order valence-electron chi connectivity index (χ3n) is 8.83. The van der Waals surface area contributed by atoms with Gasteiger partial charge in [-0.25, -0.2) is 0 Å². The molecule has 0 atom stereocenters. The topological polar surface area (TPSA) is 63.8 Å². The predicted molar refractivity (Wildman–Crippen MR) is 193 cm³/mol. The molecule has 0 aliphatic heterocycles. The molecule has 0 fully saturated rings. The van der Waals surface area contributed by atoms with Crippen LogP contribution in [0.15, 0.2) is 103 Å². The van der Waals surface area contributed by atoms with E-state index in [-0.39, 0.29) is 37.6 Å². The van der Waals surface area contributed by atoms with Gasteiger partial charge in [0.2, 0.25) is 0 Å². The first-order valence-electron chi connectivity index (χ1n) is 16.1. The first kappa shape index (κ1) is 33.3. The van der Waals surface area contributed by atoms with Gasteiger partial charge in [-0.15, -0.1) is 29.8 Å². The maximum absolute atomic E-state index is 10.8. The molecule has 0 unspecified atom stereocenters. The maximum Gasteiger partial charge on any atom is 0.123 e. The zero-order chi connectivity index (χ0) is 33.1. The largest absolute Gasteiger partial charge is 0.507 e. The molecule has 2 heterocycles. The Balaban J connectivity index is 0.00000401. The van der Waals surface area contributed by atoms with Crippen molar-refractivity contribution < 1.29 is 26.2 Å². The van der Waals surface area contributed by atoms with Crippen LogP contribution < -0.4 is 0 Å². The van der Waals surface area contributed by atoms with E-state index < -0.39 is 0 Å². The predicted octanol–water partition coefficient (Wildman–Crippen LogP) is 10.4. The van der Waals surface area contributed by atoms with Crippen LogP contribution in [0.3, 0.4) is 0 Å². The Kier molecular flexibility index (Phi) is 8.64. The average molecular weight is 811 g/mol. The van der Waals surface area contributed by atoms with Crippen LogP contribution in [0.2, 0.25) is 0 Å². The number of benzene rings is 5. The molecule has 0 aliphatic carbocycles. The third-order valence-corrected chi connectivity index (χ3v) is 8.83. The molecule has 7 aromatic rings. The van der Waals surface area contributed by atoms with Crippen LogP contribution >= 0.6 is 0 Å². The van der Waals surface area contributed by atoms with Crippen LogP contribution in [0.1, 0.15) is 58.4 Å². The fourth-order valence-corrected chi connectivity index (χ4v) is 6.18. The Labute approximate surface area is 297 Å². The van der Waals surface area contributed by atoms with Gasteiger partial charge in [0, 0.05) is 44.1 Å². The van der Waals surface area contributed by atoms with E-state index in [1.54, 1.807) is 6.07 Å². The minimum Gasteiger partial charge on any atom is -0.507 e. The SMILES string of the molecule is Cc1cnc2c(-c3[c-]c(-c4nc5c(-c6ccccc6O)cccc5n4-c4ccc(C(C)(C)C)cc4)ccc3)cc(C(C)(C)C)cc2n1.[Pt]. The molecule has 1 N–H and O–H groups in total. The van der Waals surface area contributed by atoms with Crippen molar-refractivity contribution in [3.05, 3.63) is 126 Å². The second-order valence-corrected chi connectivity index (χ2v) is 14.4. The van der Waals surface area contributed by atoms with Crippen LogP contribution in [0.25, 0.3) is 61.4 Å². The summed E-state index contributed by atoms with van der Waals surface area (Å²) in [5.74, 6) is 0.993. The Morgan fingerprint density at radius 1 is 0.646 bits per heavy atom. The molecule has 0 amide bonds. The van der Waals surface area contributed by atoms with Gasteiger partial charge in [-0.05, 0) is 59.2 Å². The molecule has 0 radical (unpaired) electrons. The normalized spacial score (nSPS) is 12.0. The number of rotatable bonds is 4. The molecule has 48 heavy (non-hydrogen) atoms. The smallest absolute Gasteiger partial charge is 0.123 e. The van der Waals surface area contributed by atoms with E-state index >= 15 is 0 Å². The molecule has 0 saturated carbocycles. The molecule has 2 aromatic heterocycles. The Morgan fingerprint density at radius 3 is 2.02 bits per heavy atom. The van der Waals surface area contributed by atoms with E-state index in [4.69, 9.17) is 15.0 Å². The molecule has 0 saturated heterocycles. The summed E-state index contributed by atoms with van der Waals surface area (Å²) in [5, 5.41) is 10.8. The summed E-state index contributed by atoms with van der Waals surface area (Å²) in [6, 6.07) is 36.6.